The maximum absolute atomic E-state index is 11.8. The molecule has 0 radical (unpaired) electrons. The maximum atomic E-state index is 11.8. The van der Waals surface area contributed by atoms with Crippen molar-refractivity contribution in [2.75, 3.05) is 18.9 Å². The first kappa shape index (κ1) is 9.89. The van der Waals surface area contributed by atoms with Crippen LogP contribution in [0.5, 0.6) is 0 Å². The van der Waals surface area contributed by atoms with Gasteiger partial charge in [0.2, 0.25) is 5.95 Å². The predicted octanol–water partition coefficient (Wildman–Crippen LogP) is 0.884. The molecule has 5 nitrogen and oxygen atoms in total. The fourth-order valence-corrected chi connectivity index (χ4v) is 1.71. The second-order valence-electron chi connectivity index (χ2n) is 3.53. The molecule has 5 heteroatoms. The van der Waals surface area contributed by atoms with Crippen LogP contribution in [0, 0.1) is 0 Å². The standard InChI is InChI=1S/C10H14N4O/c1-3-4-14-6-8-7(9(14)15)5-12-10(11-2)13-8/h5H,3-4,6H2,1-2H3,(H,11,12,13). The Morgan fingerprint density at radius 3 is 3.07 bits per heavy atom. The van der Waals surface area contributed by atoms with Crippen molar-refractivity contribution >= 4 is 11.9 Å². The van der Waals surface area contributed by atoms with Crippen LogP contribution in [0.3, 0.4) is 0 Å². The van der Waals surface area contributed by atoms with E-state index in [1.807, 2.05) is 0 Å². The van der Waals surface area contributed by atoms with Crippen LogP contribution >= 0.6 is 0 Å². The van der Waals surface area contributed by atoms with Crippen molar-refractivity contribution < 1.29 is 4.79 Å². The van der Waals surface area contributed by atoms with E-state index in [-0.39, 0.29) is 5.91 Å². The van der Waals surface area contributed by atoms with E-state index in [1.54, 1.807) is 18.1 Å². The van der Waals surface area contributed by atoms with Crippen LogP contribution in [0.25, 0.3) is 0 Å². The molecule has 0 aromatic carbocycles. The van der Waals surface area contributed by atoms with E-state index >= 15 is 0 Å². The highest BCUT2D eigenvalue weighted by Gasteiger charge is 2.28. The third kappa shape index (κ3) is 1.65. The molecule has 1 aliphatic heterocycles. The monoisotopic (exact) mass is 206 g/mol. The average molecular weight is 206 g/mol. The molecule has 0 spiro atoms. The molecule has 80 valence electrons. The van der Waals surface area contributed by atoms with Gasteiger partial charge in [-0.3, -0.25) is 4.79 Å². The number of fused-ring (bicyclic) bond motifs is 1. The van der Waals surface area contributed by atoms with Crippen molar-refractivity contribution in [3.8, 4) is 0 Å². The van der Waals surface area contributed by atoms with Crippen LogP contribution in [-0.4, -0.2) is 34.4 Å². The highest BCUT2D eigenvalue weighted by Crippen LogP contribution is 2.21. The van der Waals surface area contributed by atoms with Crippen LogP contribution in [0.1, 0.15) is 29.4 Å². The number of hydrogen-bond donors (Lipinski definition) is 1. The Morgan fingerprint density at radius 2 is 2.40 bits per heavy atom. The van der Waals surface area contributed by atoms with Crippen LogP contribution in [-0.2, 0) is 6.54 Å². The Kier molecular flexibility index (Phi) is 2.53. The number of nitrogens with zero attached hydrogens (tertiary/aromatic N) is 3. The van der Waals surface area contributed by atoms with Gasteiger partial charge in [-0.25, -0.2) is 9.97 Å². The highest BCUT2D eigenvalue weighted by atomic mass is 16.2. The fraction of sp³-hybridized carbons (Fsp3) is 0.500. The zero-order chi connectivity index (χ0) is 10.8. The van der Waals surface area contributed by atoms with Gasteiger partial charge in [-0.05, 0) is 6.42 Å². The van der Waals surface area contributed by atoms with Gasteiger partial charge in [-0.1, -0.05) is 6.92 Å². The summed E-state index contributed by atoms with van der Waals surface area (Å²) in [4.78, 5) is 21.9. The topological polar surface area (TPSA) is 58.1 Å². The minimum atomic E-state index is 0.0505. The van der Waals surface area contributed by atoms with Crippen molar-refractivity contribution in [3.05, 3.63) is 17.5 Å². The van der Waals surface area contributed by atoms with E-state index in [9.17, 15) is 4.79 Å². The molecule has 1 amide bonds. The van der Waals surface area contributed by atoms with E-state index in [0.29, 0.717) is 18.1 Å². The molecule has 0 saturated heterocycles. The molecule has 0 bridgehead atoms. The summed E-state index contributed by atoms with van der Waals surface area (Å²) in [7, 11) is 1.77. The molecule has 15 heavy (non-hydrogen) atoms. The van der Waals surface area contributed by atoms with Crippen LogP contribution in [0.4, 0.5) is 5.95 Å². The molecule has 0 aliphatic carbocycles. The Morgan fingerprint density at radius 1 is 1.60 bits per heavy atom. The molecule has 0 atom stereocenters. The van der Waals surface area contributed by atoms with Gasteiger partial charge in [0.05, 0.1) is 17.8 Å². The average Bonchev–Trinajstić information content (AvgIpc) is 2.56. The molecule has 0 fully saturated rings. The highest BCUT2D eigenvalue weighted by molar-refractivity contribution is 5.97. The van der Waals surface area contributed by atoms with Crippen molar-refractivity contribution in [2.24, 2.45) is 0 Å². The predicted molar refractivity (Wildman–Crippen MR) is 56.6 cm³/mol. The van der Waals surface area contributed by atoms with E-state index in [0.717, 1.165) is 18.7 Å². The lowest BCUT2D eigenvalue weighted by Gasteiger charge is -2.12. The molecular weight excluding hydrogens is 192 g/mol. The lowest BCUT2D eigenvalue weighted by molar-refractivity contribution is 0.0778. The molecule has 2 heterocycles. The second kappa shape index (κ2) is 3.84. The van der Waals surface area contributed by atoms with Crippen molar-refractivity contribution in [1.29, 1.82) is 0 Å². The number of amides is 1. The summed E-state index contributed by atoms with van der Waals surface area (Å²) in [5, 5.41) is 2.87. The smallest absolute Gasteiger partial charge is 0.257 e. The normalized spacial score (nSPS) is 14.3. The summed E-state index contributed by atoms with van der Waals surface area (Å²) in [6, 6.07) is 0. The molecule has 1 N–H and O–H groups in total. The molecule has 1 aliphatic rings. The maximum Gasteiger partial charge on any atom is 0.257 e. The number of carbonyl (C=O) groups is 1. The van der Waals surface area contributed by atoms with Gasteiger partial charge in [0.15, 0.2) is 0 Å². The molecular formula is C10H14N4O. The molecule has 1 aromatic heterocycles. The lowest BCUT2D eigenvalue weighted by Crippen LogP contribution is -2.24. The first-order valence-electron chi connectivity index (χ1n) is 5.09. The Labute approximate surface area is 88.5 Å². The number of carbonyl (C=O) groups excluding carboxylic acids is 1. The van der Waals surface area contributed by atoms with E-state index in [2.05, 4.69) is 22.2 Å². The fourth-order valence-electron chi connectivity index (χ4n) is 1.71. The van der Waals surface area contributed by atoms with Gasteiger partial charge in [0.1, 0.15) is 0 Å². The molecule has 0 unspecified atom stereocenters. The van der Waals surface area contributed by atoms with Gasteiger partial charge in [0, 0.05) is 19.8 Å². The van der Waals surface area contributed by atoms with Gasteiger partial charge in [0.25, 0.3) is 5.91 Å². The van der Waals surface area contributed by atoms with Crippen molar-refractivity contribution in [3.63, 3.8) is 0 Å². The second-order valence-corrected chi connectivity index (χ2v) is 3.53. The lowest BCUT2D eigenvalue weighted by atomic mass is 10.3. The summed E-state index contributed by atoms with van der Waals surface area (Å²) >= 11 is 0. The van der Waals surface area contributed by atoms with Crippen LogP contribution < -0.4 is 5.32 Å². The number of aromatic nitrogens is 2. The molecule has 1 aromatic rings. The summed E-state index contributed by atoms with van der Waals surface area (Å²) in [6.07, 6.45) is 2.57. The summed E-state index contributed by atoms with van der Waals surface area (Å²) in [5.41, 5.74) is 1.47. The van der Waals surface area contributed by atoms with Crippen LogP contribution in [0.2, 0.25) is 0 Å². The third-order valence-electron chi connectivity index (χ3n) is 2.44. The van der Waals surface area contributed by atoms with E-state index in [1.165, 1.54) is 0 Å². The minimum absolute atomic E-state index is 0.0505. The van der Waals surface area contributed by atoms with E-state index < -0.39 is 0 Å². The SMILES string of the molecule is CCCN1Cc2nc(NC)ncc2C1=O. The summed E-state index contributed by atoms with van der Waals surface area (Å²) in [5.74, 6) is 0.620. The summed E-state index contributed by atoms with van der Waals surface area (Å²) < 4.78 is 0. The largest absolute Gasteiger partial charge is 0.357 e. The number of hydrogen-bond acceptors (Lipinski definition) is 4. The Bertz CT molecular complexity index is 391. The first-order valence-corrected chi connectivity index (χ1v) is 5.09. The molecule has 2 rings (SSSR count). The number of nitrogens with one attached hydrogen (secondary N) is 1. The minimum Gasteiger partial charge on any atom is -0.357 e. The van der Waals surface area contributed by atoms with Crippen molar-refractivity contribution in [2.45, 2.75) is 19.9 Å². The van der Waals surface area contributed by atoms with Gasteiger partial charge < -0.3 is 10.2 Å². The van der Waals surface area contributed by atoms with Gasteiger partial charge in [-0.15, -0.1) is 0 Å². The number of anilines is 1. The number of rotatable bonds is 3. The van der Waals surface area contributed by atoms with Gasteiger partial charge >= 0.3 is 0 Å². The van der Waals surface area contributed by atoms with Crippen LogP contribution in [0.15, 0.2) is 6.20 Å². The third-order valence-corrected chi connectivity index (χ3v) is 2.44. The Hall–Kier alpha value is -1.65. The Balaban J connectivity index is 2.28. The first-order chi connectivity index (χ1) is 7.26. The van der Waals surface area contributed by atoms with Crippen molar-refractivity contribution in [1.82, 2.24) is 14.9 Å². The van der Waals surface area contributed by atoms with E-state index in [4.69, 9.17) is 0 Å². The zero-order valence-corrected chi connectivity index (χ0v) is 8.95. The summed E-state index contributed by atoms with van der Waals surface area (Å²) in [6.45, 7) is 3.45. The zero-order valence-electron chi connectivity index (χ0n) is 8.95. The van der Waals surface area contributed by atoms with Gasteiger partial charge in [-0.2, -0.15) is 0 Å². The molecule has 0 saturated carbocycles. The quantitative estimate of drug-likeness (QED) is 0.797.